The van der Waals surface area contributed by atoms with Crippen LogP contribution in [0.25, 0.3) is 11.0 Å². The van der Waals surface area contributed by atoms with Crippen molar-refractivity contribution in [2.45, 2.75) is 25.7 Å². The third-order valence-electron chi connectivity index (χ3n) is 4.01. The van der Waals surface area contributed by atoms with Gasteiger partial charge in [-0.1, -0.05) is 12.1 Å². The van der Waals surface area contributed by atoms with Gasteiger partial charge in [-0.25, -0.2) is 9.67 Å². The Morgan fingerprint density at radius 2 is 2.08 bits per heavy atom. The van der Waals surface area contributed by atoms with Gasteiger partial charge in [0.15, 0.2) is 5.65 Å². The van der Waals surface area contributed by atoms with Crippen molar-refractivity contribution >= 4 is 11.0 Å². The number of nitrogens with zero attached hydrogens (tertiary/aromatic N) is 4. The van der Waals surface area contributed by atoms with Gasteiger partial charge >= 0.3 is 6.18 Å². The van der Waals surface area contributed by atoms with Gasteiger partial charge in [-0.3, -0.25) is 9.36 Å². The highest BCUT2D eigenvalue weighted by Gasteiger charge is 2.31. The van der Waals surface area contributed by atoms with Crippen LogP contribution < -0.4 is 5.56 Å². The largest absolute Gasteiger partial charge is 0.416 e. The summed E-state index contributed by atoms with van der Waals surface area (Å²) < 4.78 is 41.3. The summed E-state index contributed by atoms with van der Waals surface area (Å²) in [5.41, 5.74) is -0.499. The fourth-order valence-electron chi connectivity index (χ4n) is 2.64. The first-order chi connectivity index (χ1) is 11.8. The van der Waals surface area contributed by atoms with Crippen molar-refractivity contribution in [2.24, 2.45) is 0 Å². The van der Waals surface area contributed by atoms with Crippen LogP contribution in [-0.4, -0.2) is 31.0 Å². The molecule has 3 aromatic rings. The Morgan fingerprint density at radius 3 is 2.76 bits per heavy atom. The minimum Gasteiger partial charge on any atom is -0.394 e. The lowest BCUT2D eigenvalue weighted by molar-refractivity contribution is -0.137. The maximum atomic E-state index is 12.9. The number of hydrogen-bond donors (Lipinski definition) is 1. The van der Waals surface area contributed by atoms with Crippen LogP contribution in [0.15, 0.2) is 41.6 Å². The molecule has 0 aliphatic rings. The number of aliphatic hydroxyl groups excluding tert-OH is 1. The molecule has 0 aliphatic heterocycles. The zero-order valence-electron chi connectivity index (χ0n) is 13.2. The average Bonchev–Trinajstić information content (AvgIpc) is 2.98. The number of alkyl halides is 3. The fraction of sp³-hybridized carbons (Fsp3) is 0.312. The number of rotatable bonds is 4. The van der Waals surface area contributed by atoms with E-state index in [-0.39, 0.29) is 18.5 Å². The van der Waals surface area contributed by atoms with Crippen molar-refractivity contribution in [3.63, 3.8) is 0 Å². The molecule has 0 saturated carbocycles. The Kier molecular flexibility index (Phi) is 4.34. The summed E-state index contributed by atoms with van der Waals surface area (Å²) in [7, 11) is 0. The lowest BCUT2D eigenvalue weighted by Crippen LogP contribution is -2.24. The number of halogens is 3. The van der Waals surface area contributed by atoms with Crippen LogP contribution in [0.5, 0.6) is 0 Å². The Morgan fingerprint density at radius 1 is 1.32 bits per heavy atom. The van der Waals surface area contributed by atoms with E-state index in [2.05, 4.69) is 10.1 Å². The van der Waals surface area contributed by atoms with Crippen molar-refractivity contribution in [3.8, 4) is 0 Å². The molecule has 0 spiro atoms. The topological polar surface area (TPSA) is 72.9 Å². The van der Waals surface area contributed by atoms with E-state index < -0.39 is 23.3 Å². The van der Waals surface area contributed by atoms with Gasteiger partial charge in [-0.15, -0.1) is 0 Å². The predicted molar refractivity (Wildman–Crippen MR) is 84.1 cm³/mol. The Balaban J connectivity index is 2.05. The molecule has 2 heterocycles. The molecule has 25 heavy (non-hydrogen) atoms. The van der Waals surface area contributed by atoms with E-state index in [9.17, 15) is 18.0 Å². The fourth-order valence-corrected chi connectivity index (χ4v) is 2.64. The van der Waals surface area contributed by atoms with Gasteiger partial charge in [-0.05, 0) is 24.6 Å². The van der Waals surface area contributed by atoms with Gasteiger partial charge in [0.05, 0.1) is 31.0 Å². The van der Waals surface area contributed by atoms with E-state index in [0.717, 1.165) is 12.1 Å². The highest BCUT2D eigenvalue weighted by atomic mass is 19.4. The molecule has 3 rings (SSSR count). The predicted octanol–water partition coefficient (Wildman–Crippen LogP) is 2.21. The maximum absolute atomic E-state index is 12.9. The van der Waals surface area contributed by atoms with E-state index in [0.29, 0.717) is 11.2 Å². The zero-order valence-corrected chi connectivity index (χ0v) is 13.2. The first-order valence-electron chi connectivity index (χ1n) is 7.53. The summed E-state index contributed by atoms with van der Waals surface area (Å²) in [6.07, 6.45) is -1.82. The van der Waals surface area contributed by atoms with Crippen molar-refractivity contribution in [1.82, 2.24) is 19.3 Å². The van der Waals surface area contributed by atoms with Crippen molar-refractivity contribution in [2.75, 3.05) is 6.61 Å². The van der Waals surface area contributed by atoms with E-state index in [1.54, 1.807) is 6.92 Å². The van der Waals surface area contributed by atoms with Crippen LogP contribution in [0.4, 0.5) is 13.2 Å². The molecule has 1 atom stereocenters. The highest BCUT2D eigenvalue weighted by molar-refractivity contribution is 5.72. The van der Waals surface area contributed by atoms with E-state index >= 15 is 0 Å². The minimum atomic E-state index is -4.45. The molecule has 6 nitrogen and oxygen atoms in total. The van der Waals surface area contributed by atoms with E-state index in [1.807, 2.05) is 0 Å². The van der Waals surface area contributed by atoms with Crippen LogP contribution in [0, 0.1) is 0 Å². The third-order valence-corrected chi connectivity index (χ3v) is 4.01. The number of benzene rings is 1. The molecule has 132 valence electrons. The second-order valence-corrected chi connectivity index (χ2v) is 5.58. The average molecular weight is 352 g/mol. The van der Waals surface area contributed by atoms with Gasteiger partial charge < -0.3 is 5.11 Å². The van der Waals surface area contributed by atoms with Crippen LogP contribution >= 0.6 is 0 Å². The molecular weight excluding hydrogens is 337 g/mol. The summed E-state index contributed by atoms with van der Waals surface area (Å²) in [4.78, 5) is 16.8. The minimum absolute atomic E-state index is 0.151. The summed E-state index contributed by atoms with van der Waals surface area (Å²) in [5.74, 6) is 0. The quantitative estimate of drug-likeness (QED) is 0.781. The van der Waals surface area contributed by atoms with Crippen LogP contribution in [0.2, 0.25) is 0 Å². The highest BCUT2D eigenvalue weighted by Crippen LogP contribution is 2.31. The Bertz CT molecular complexity index is 962. The zero-order chi connectivity index (χ0) is 18.2. The second-order valence-electron chi connectivity index (χ2n) is 5.58. The van der Waals surface area contributed by atoms with Gasteiger partial charge in [0.2, 0.25) is 0 Å². The van der Waals surface area contributed by atoms with Crippen LogP contribution in [-0.2, 0) is 12.7 Å². The number of aromatic nitrogens is 4. The SMILES string of the molecule is CC(c1cccc(C(F)(F)F)c1)n1cnc2c(cnn2CCO)c1=O. The molecule has 9 heteroatoms. The molecule has 1 N–H and O–H groups in total. The first-order valence-corrected chi connectivity index (χ1v) is 7.53. The van der Waals surface area contributed by atoms with Crippen LogP contribution in [0.1, 0.15) is 24.1 Å². The molecule has 2 aromatic heterocycles. The summed E-state index contributed by atoms with van der Waals surface area (Å²) >= 11 is 0. The summed E-state index contributed by atoms with van der Waals surface area (Å²) in [6, 6.07) is 4.22. The summed E-state index contributed by atoms with van der Waals surface area (Å²) in [6.45, 7) is 1.67. The van der Waals surface area contributed by atoms with Gasteiger partial charge in [0.25, 0.3) is 5.56 Å². The molecule has 0 aliphatic carbocycles. The molecule has 0 fully saturated rings. The summed E-state index contributed by atoms with van der Waals surface area (Å²) in [5, 5.41) is 13.2. The smallest absolute Gasteiger partial charge is 0.394 e. The van der Waals surface area contributed by atoms with Crippen LogP contribution in [0.3, 0.4) is 0 Å². The Labute approximate surface area is 140 Å². The second kappa shape index (κ2) is 6.32. The number of aliphatic hydroxyl groups is 1. The van der Waals surface area contributed by atoms with Crippen molar-refractivity contribution < 1.29 is 18.3 Å². The molecule has 0 saturated heterocycles. The van der Waals surface area contributed by atoms with E-state index in [1.165, 1.54) is 33.9 Å². The van der Waals surface area contributed by atoms with Crippen molar-refractivity contribution in [3.05, 3.63) is 58.3 Å². The Hall–Kier alpha value is -2.68. The third kappa shape index (κ3) is 3.14. The number of hydrogen-bond acceptors (Lipinski definition) is 4. The van der Waals surface area contributed by atoms with E-state index in [4.69, 9.17) is 5.11 Å². The molecule has 0 amide bonds. The number of fused-ring (bicyclic) bond motifs is 1. The lowest BCUT2D eigenvalue weighted by atomic mass is 10.0. The standard InChI is InChI=1S/C16H15F3N4O2/c1-10(11-3-2-4-12(7-11)16(17,18)19)22-9-20-14-13(15(22)25)8-21-23(14)5-6-24/h2-4,7-10,24H,5-6H2,1H3. The lowest BCUT2D eigenvalue weighted by Gasteiger charge is -2.17. The monoisotopic (exact) mass is 352 g/mol. The molecule has 0 bridgehead atoms. The van der Waals surface area contributed by atoms with Gasteiger partial charge in [0.1, 0.15) is 11.7 Å². The first kappa shape index (κ1) is 17.2. The molecule has 0 radical (unpaired) electrons. The van der Waals surface area contributed by atoms with Gasteiger partial charge in [0, 0.05) is 0 Å². The maximum Gasteiger partial charge on any atom is 0.416 e. The molecule has 1 unspecified atom stereocenters. The normalized spacial score (nSPS) is 13.3. The molecule has 1 aromatic carbocycles. The van der Waals surface area contributed by atoms with Gasteiger partial charge in [-0.2, -0.15) is 18.3 Å². The molecular formula is C16H15F3N4O2. The van der Waals surface area contributed by atoms with Crippen molar-refractivity contribution in [1.29, 1.82) is 0 Å².